The molecule has 3 rings (SSSR count). The molecule has 102 valence electrons. The summed E-state index contributed by atoms with van der Waals surface area (Å²) in [5.74, 6) is 1.08. The van der Waals surface area contributed by atoms with Gasteiger partial charge in [0.15, 0.2) is 5.82 Å². The van der Waals surface area contributed by atoms with Crippen LogP contribution >= 0.6 is 0 Å². The van der Waals surface area contributed by atoms with Crippen molar-refractivity contribution in [1.29, 1.82) is 0 Å². The topological polar surface area (TPSA) is 41.8 Å². The Morgan fingerprint density at radius 2 is 2.37 bits per heavy atom. The Labute approximate surface area is 113 Å². The number of methoxy groups -OCH3 is 1. The van der Waals surface area contributed by atoms with Crippen molar-refractivity contribution in [2.24, 2.45) is 0 Å². The number of aromatic nitrogens is 2. The van der Waals surface area contributed by atoms with Crippen molar-refractivity contribution in [3.63, 3.8) is 0 Å². The number of nitrogens with zero attached hydrogens (tertiary/aromatic N) is 3. The van der Waals surface area contributed by atoms with E-state index in [2.05, 4.69) is 20.8 Å². The van der Waals surface area contributed by atoms with Gasteiger partial charge in [0.1, 0.15) is 5.65 Å². The molecule has 19 heavy (non-hydrogen) atoms. The van der Waals surface area contributed by atoms with Crippen LogP contribution in [0.15, 0.2) is 24.4 Å². The summed E-state index contributed by atoms with van der Waals surface area (Å²) in [4.78, 5) is 7.10. The molecule has 2 aromatic rings. The molecule has 1 unspecified atom stereocenters. The maximum atomic E-state index is 5.44. The normalized spacial score (nSPS) is 19.5. The lowest BCUT2D eigenvalue weighted by atomic mass is 10.3. The molecule has 1 fully saturated rings. The highest BCUT2D eigenvalue weighted by atomic mass is 16.5. The quantitative estimate of drug-likeness (QED) is 0.899. The van der Waals surface area contributed by atoms with E-state index in [-0.39, 0.29) is 0 Å². The van der Waals surface area contributed by atoms with Gasteiger partial charge in [-0.1, -0.05) is 6.07 Å². The number of hydrogen-bond donors (Lipinski definition) is 1. The number of imidazole rings is 1. The maximum absolute atomic E-state index is 5.44. The van der Waals surface area contributed by atoms with Crippen LogP contribution in [0.4, 0.5) is 5.82 Å². The van der Waals surface area contributed by atoms with E-state index in [9.17, 15) is 0 Å². The summed E-state index contributed by atoms with van der Waals surface area (Å²) in [5, 5.41) is 3.23. The Hall–Kier alpha value is -1.59. The Balaban J connectivity index is 2.00. The fraction of sp³-hybridized carbons (Fsp3) is 0.500. The molecule has 1 N–H and O–H groups in total. The molecule has 5 heteroatoms. The van der Waals surface area contributed by atoms with Crippen LogP contribution in [0.25, 0.3) is 5.65 Å². The molecule has 5 nitrogen and oxygen atoms in total. The fourth-order valence-corrected chi connectivity index (χ4v) is 2.73. The lowest BCUT2D eigenvalue weighted by Gasteiger charge is -2.17. The molecule has 2 aromatic heterocycles. The zero-order valence-corrected chi connectivity index (χ0v) is 11.5. The minimum absolute atomic E-state index is 0.326. The second-order valence-corrected chi connectivity index (χ2v) is 4.93. The Morgan fingerprint density at radius 1 is 1.47 bits per heavy atom. The Bertz CT molecular complexity index is 566. The highest BCUT2D eigenvalue weighted by molar-refractivity contribution is 5.56. The van der Waals surface area contributed by atoms with Gasteiger partial charge in [0.05, 0.1) is 11.8 Å². The smallest absolute Gasteiger partial charge is 0.152 e. The number of rotatable bonds is 4. The molecule has 0 spiro atoms. The number of nitrogens with one attached hydrogen (secondary N) is 1. The van der Waals surface area contributed by atoms with Gasteiger partial charge in [-0.05, 0) is 25.6 Å². The molecule has 1 saturated heterocycles. The predicted octanol–water partition coefficient (Wildman–Crippen LogP) is 1.28. The van der Waals surface area contributed by atoms with Crippen molar-refractivity contribution < 1.29 is 4.74 Å². The highest BCUT2D eigenvalue weighted by Crippen LogP contribution is 2.26. The molecule has 0 amide bonds. The van der Waals surface area contributed by atoms with E-state index in [4.69, 9.17) is 9.72 Å². The van der Waals surface area contributed by atoms with Gasteiger partial charge in [-0.25, -0.2) is 4.98 Å². The van der Waals surface area contributed by atoms with Crippen LogP contribution in [0.5, 0.6) is 0 Å². The van der Waals surface area contributed by atoms with Crippen molar-refractivity contribution >= 4 is 11.5 Å². The van der Waals surface area contributed by atoms with Crippen LogP contribution < -0.4 is 10.2 Å². The van der Waals surface area contributed by atoms with Crippen LogP contribution in [0.3, 0.4) is 0 Å². The predicted molar refractivity (Wildman–Crippen MR) is 75.6 cm³/mol. The van der Waals surface area contributed by atoms with Crippen LogP contribution in [-0.4, -0.2) is 42.7 Å². The second kappa shape index (κ2) is 5.19. The number of hydrogen-bond acceptors (Lipinski definition) is 4. The fourth-order valence-electron chi connectivity index (χ4n) is 2.73. The molecule has 0 saturated carbocycles. The summed E-state index contributed by atoms with van der Waals surface area (Å²) in [6.07, 6.45) is 3.47. The van der Waals surface area contributed by atoms with E-state index < -0.39 is 0 Å². The number of fused-ring (bicyclic) bond motifs is 1. The van der Waals surface area contributed by atoms with E-state index in [0.717, 1.165) is 37.5 Å². The molecular formula is C14H20N4O. The minimum atomic E-state index is 0.326. The summed E-state index contributed by atoms with van der Waals surface area (Å²) in [6.45, 7) is 2.75. The zero-order valence-electron chi connectivity index (χ0n) is 11.5. The monoisotopic (exact) mass is 260 g/mol. The third-order valence-electron chi connectivity index (χ3n) is 3.73. The van der Waals surface area contributed by atoms with Gasteiger partial charge in [0.25, 0.3) is 0 Å². The Kier molecular flexibility index (Phi) is 3.40. The van der Waals surface area contributed by atoms with E-state index in [1.807, 2.05) is 25.2 Å². The van der Waals surface area contributed by atoms with Crippen molar-refractivity contribution in [1.82, 2.24) is 14.7 Å². The first-order chi connectivity index (χ1) is 9.33. The van der Waals surface area contributed by atoms with Crippen molar-refractivity contribution in [2.75, 3.05) is 32.1 Å². The molecule has 0 radical (unpaired) electrons. The molecular weight excluding hydrogens is 240 g/mol. The SMILES string of the molecule is CNCc1c(N2CCC(OC)C2)nc2ccccn12. The van der Waals surface area contributed by atoms with E-state index in [0.29, 0.717) is 6.10 Å². The number of pyridine rings is 1. The minimum Gasteiger partial charge on any atom is -0.380 e. The molecule has 1 atom stereocenters. The largest absolute Gasteiger partial charge is 0.380 e. The maximum Gasteiger partial charge on any atom is 0.152 e. The van der Waals surface area contributed by atoms with Crippen LogP contribution in [-0.2, 0) is 11.3 Å². The molecule has 1 aliphatic heterocycles. The van der Waals surface area contributed by atoms with Crippen LogP contribution in [0, 0.1) is 0 Å². The molecule has 0 aliphatic carbocycles. The lowest BCUT2D eigenvalue weighted by Crippen LogP contribution is -2.24. The summed E-state index contributed by atoms with van der Waals surface area (Å²) in [6, 6.07) is 6.11. The van der Waals surface area contributed by atoms with Gasteiger partial charge in [-0.15, -0.1) is 0 Å². The van der Waals surface area contributed by atoms with Gasteiger partial charge in [-0.3, -0.25) is 0 Å². The molecule has 3 heterocycles. The van der Waals surface area contributed by atoms with Crippen LogP contribution in [0.1, 0.15) is 12.1 Å². The first kappa shape index (κ1) is 12.4. The molecule has 0 aromatic carbocycles. The standard InChI is InChI=1S/C14H20N4O/c1-15-9-12-14(17-8-6-11(10-17)19-2)16-13-5-3-4-7-18(12)13/h3-5,7,11,15H,6,8-10H2,1-2H3. The Morgan fingerprint density at radius 3 is 3.11 bits per heavy atom. The average molecular weight is 260 g/mol. The van der Waals surface area contributed by atoms with Crippen LogP contribution in [0.2, 0.25) is 0 Å². The van der Waals surface area contributed by atoms with Crippen molar-refractivity contribution in [2.45, 2.75) is 19.1 Å². The summed E-state index contributed by atoms with van der Waals surface area (Å²) < 4.78 is 7.60. The third kappa shape index (κ3) is 2.19. The van der Waals surface area contributed by atoms with Gasteiger partial charge in [0.2, 0.25) is 0 Å². The average Bonchev–Trinajstić information content (AvgIpc) is 3.04. The highest BCUT2D eigenvalue weighted by Gasteiger charge is 2.26. The lowest BCUT2D eigenvalue weighted by molar-refractivity contribution is 0.121. The third-order valence-corrected chi connectivity index (χ3v) is 3.73. The van der Waals surface area contributed by atoms with E-state index in [1.165, 1.54) is 5.69 Å². The van der Waals surface area contributed by atoms with E-state index >= 15 is 0 Å². The van der Waals surface area contributed by atoms with Crippen molar-refractivity contribution in [3.8, 4) is 0 Å². The first-order valence-corrected chi connectivity index (χ1v) is 6.71. The summed E-state index contributed by atoms with van der Waals surface area (Å²) in [7, 11) is 3.75. The molecule has 1 aliphatic rings. The number of ether oxygens (including phenoxy) is 1. The van der Waals surface area contributed by atoms with Gasteiger partial charge < -0.3 is 19.4 Å². The second-order valence-electron chi connectivity index (χ2n) is 4.93. The number of anilines is 1. The van der Waals surface area contributed by atoms with Gasteiger partial charge >= 0.3 is 0 Å². The summed E-state index contributed by atoms with van der Waals surface area (Å²) >= 11 is 0. The first-order valence-electron chi connectivity index (χ1n) is 6.71. The van der Waals surface area contributed by atoms with E-state index in [1.54, 1.807) is 7.11 Å². The zero-order chi connectivity index (χ0) is 13.2. The van der Waals surface area contributed by atoms with Gasteiger partial charge in [0, 0.05) is 32.9 Å². The summed E-state index contributed by atoms with van der Waals surface area (Å²) in [5.41, 5.74) is 2.22. The van der Waals surface area contributed by atoms with Crippen molar-refractivity contribution in [3.05, 3.63) is 30.1 Å². The van der Waals surface area contributed by atoms with Gasteiger partial charge in [-0.2, -0.15) is 0 Å². The molecule has 0 bridgehead atoms.